The molecule has 0 saturated carbocycles. The van der Waals surface area contributed by atoms with E-state index in [1.807, 2.05) is 30.3 Å². The largest absolute Gasteiger partial charge is 0.493 e. The molecule has 4 rings (SSSR count). The third kappa shape index (κ3) is 3.35. The Balaban J connectivity index is 1.72. The van der Waals surface area contributed by atoms with Crippen molar-refractivity contribution in [2.24, 2.45) is 0 Å². The number of aromatic hydroxyl groups is 1. The lowest BCUT2D eigenvalue weighted by Crippen LogP contribution is -2.04. The van der Waals surface area contributed by atoms with Crippen LogP contribution in [0.5, 0.6) is 5.88 Å². The fourth-order valence-corrected chi connectivity index (χ4v) is 3.13. The highest BCUT2D eigenvalue weighted by Crippen LogP contribution is 2.31. The maximum Gasteiger partial charge on any atom is 0.255 e. The minimum absolute atomic E-state index is 0.0265. The molecule has 0 spiro atoms. The quantitative estimate of drug-likeness (QED) is 0.527. The molecule has 1 unspecified atom stereocenters. The van der Waals surface area contributed by atoms with Crippen LogP contribution >= 0.6 is 12.6 Å². The van der Waals surface area contributed by atoms with E-state index in [-0.39, 0.29) is 22.9 Å². The maximum atomic E-state index is 14.1. The van der Waals surface area contributed by atoms with Gasteiger partial charge in [0, 0.05) is 18.1 Å². The summed E-state index contributed by atoms with van der Waals surface area (Å²) in [7, 11) is 0. The first-order chi connectivity index (χ1) is 13.0. The molecule has 136 valence electrons. The lowest BCUT2D eigenvalue weighted by atomic mass is 10.1. The van der Waals surface area contributed by atoms with Gasteiger partial charge in [-0.2, -0.15) is 22.1 Å². The maximum absolute atomic E-state index is 14.1. The fourth-order valence-electron chi connectivity index (χ4n) is 2.80. The normalized spacial score (nSPS) is 12.4. The van der Waals surface area contributed by atoms with E-state index in [1.54, 1.807) is 0 Å². The summed E-state index contributed by atoms with van der Waals surface area (Å²) in [6.45, 7) is 0. The smallest absolute Gasteiger partial charge is 0.255 e. The van der Waals surface area contributed by atoms with E-state index in [4.69, 9.17) is 0 Å². The molecule has 0 saturated heterocycles. The van der Waals surface area contributed by atoms with Crippen LogP contribution in [-0.2, 0) is 6.42 Å². The van der Waals surface area contributed by atoms with Crippen LogP contribution in [-0.4, -0.2) is 24.7 Å². The minimum atomic E-state index is -0.995. The molecule has 0 aliphatic rings. The lowest BCUT2D eigenvalue weighted by Gasteiger charge is -2.12. The van der Waals surface area contributed by atoms with E-state index in [9.17, 15) is 13.9 Å². The van der Waals surface area contributed by atoms with E-state index >= 15 is 0 Å². The predicted octanol–water partition coefficient (Wildman–Crippen LogP) is 3.72. The summed E-state index contributed by atoms with van der Waals surface area (Å²) in [5.74, 6) is -1.53. The summed E-state index contributed by atoms with van der Waals surface area (Å²) < 4.78 is 28.7. The van der Waals surface area contributed by atoms with Crippen LogP contribution in [0.25, 0.3) is 5.78 Å². The summed E-state index contributed by atoms with van der Waals surface area (Å²) in [4.78, 5) is 8.63. The van der Waals surface area contributed by atoms with Crippen LogP contribution in [0.1, 0.15) is 27.9 Å². The van der Waals surface area contributed by atoms with E-state index < -0.39 is 16.9 Å². The first-order valence-corrected chi connectivity index (χ1v) is 8.66. The second-order valence-corrected chi connectivity index (χ2v) is 6.50. The van der Waals surface area contributed by atoms with Crippen LogP contribution in [0, 0.1) is 11.6 Å². The molecule has 0 fully saturated rings. The van der Waals surface area contributed by atoms with Crippen LogP contribution in [0.3, 0.4) is 0 Å². The second kappa shape index (κ2) is 6.96. The van der Waals surface area contributed by atoms with Gasteiger partial charge in [-0.3, -0.25) is 0 Å². The molecule has 0 amide bonds. The van der Waals surface area contributed by atoms with Gasteiger partial charge in [-0.1, -0.05) is 42.5 Å². The van der Waals surface area contributed by atoms with Crippen molar-refractivity contribution in [3.8, 4) is 5.88 Å². The molecule has 0 bridgehead atoms. The van der Waals surface area contributed by atoms with E-state index in [2.05, 4.69) is 27.7 Å². The molecule has 4 aromatic rings. The Bertz CT molecular complexity index is 1120. The molecule has 1 atom stereocenters. The Labute approximate surface area is 158 Å². The molecule has 0 aliphatic carbocycles. The highest BCUT2D eigenvalue weighted by Gasteiger charge is 2.20. The number of hydrogen-bond donors (Lipinski definition) is 2. The summed E-state index contributed by atoms with van der Waals surface area (Å²) in [6, 6.07) is 14.8. The van der Waals surface area contributed by atoms with Gasteiger partial charge in [0.05, 0.1) is 10.9 Å². The summed E-state index contributed by atoms with van der Waals surface area (Å²) >= 11 is 4.35. The van der Waals surface area contributed by atoms with E-state index in [0.29, 0.717) is 12.2 Å². The van der Waals surface area contributed by atoms with Crippen molar-refractivity contribution in [1.29, 1.82) is 0 Å². The number of benzene rings is 2. The van der Waals surface area contributed by atoms with Crippen LogP contribution < -0.4 is 0 Å². The monoisotopic (exact) mass is 384 g/mol. The Morgan fingerprint density at radius 2 is 1.81 bits per heavy atom. The van der Waals surface area contributed by atoms with Gasteiger partial charge < -0.3 is 5.11 Å². The summed E-state index contributed by atoms with van der Waals surface area (Å²) in [6.07, 6.45) is 0.474. The number of fused-ring (bicyclic) bond motifs is 1. The topological polar surface area (TPSA) is 63.3 Å². The molecule has 2 aromatic carbocycles. The van der Waals surface area contributed by atoms with Crippen molar-refractivity contribution in [2.45, 2.75) is 11.7 Å². The van der Waals surface area contributed by atoms with E-state index in [0.717, 1.165) is 11.6 Å². The molecule has 27 heavy (non-hydrogen) atoms. The van der Waals surface area contributed by atoms with Crippen LogP contribution in [0.2, 0.25) is 0 Å². The third-order valence-corrected chi connectivity index (χ3v) is 4.66. The summed E-state index contributed by atoms with van der Waals surface area (Å²) in [5.41, 5.74) is 1.28. The first kappa shape index (κ1) is 17.4. The molecule has 0 aliphatic heterocycles. The standard InChI is InChI=1S/C19H14F2N4OS/c20-13-8-4-7-12(17(13)21)18(27)14-10-16(26)25-19(22-14)23-15(24-25)9-11-5-2-1-3-6-11/h1-8,10,18,26-27H,9H2. The SMILES string of the molecule is Oc1cc(C(S)c2cccc(F)c2F)nc2nc(Cc3ccccc3)nn12. The number of halogens is 2. The van der Waals surface area contributed by atoms with Crippen LogP contribution in [0.15, 0.2) is 54.6 Å². The molecule has 2 heterocycles. The molecule has 5 nitrogen and oxygen atoms in total. The average Bonchev–Trinajstić information content (AvgIpc) is 3.07. The van der Waals surface area contributed by atoms with Gasteiger partial charge in [0.1, 0.15) is 0 Å². The molecule has 8 heteroatoms. The van der Waals surface area contributed by atoms with Crippen LogP contribution in [0.4, 0.5) is 8.78 Å². The Hall–Kier alpha value is -3.00. The van der Waals surface area contributed by atoms with Gasteiger partial charge in [-0.25, -0.2) is 13.8 Å². The fraction of sp³-hybridized carbons (Fsp3) is 0.105. The first-order valence-electron chi connectivity index (χ1n) is 8.14. The number of thiol groups is 1. The number of nitrogens with zero attached hydrogens (tertiary/aromatic N) is 4. The van der Waals surface area contributed by atoms with Gasteiger partial charge in [0.2, 0.25) is 5.88 Å². The minimum Gasteiger partial charge on any atom is -0.493 e. The van der Waals surface area contributed by atoms with Crippen molar-refractivity contribution in [3.05, 3.63) is 88.9 Å². The van der Waals surface area contributed by atoms with Crippen molar-refractivity contribution < 1.29 is 13.9 Å². The average molecular weight is 384 g/mol. The number of rotatable bonds is 4. The Kier molecular flexibility index (Phi) is 4.49. The summed E-state index contributed by atoms with van der Waals surface area (Å²) in [5, 5.41) is 13.6. The highest BCUT2D eigenvalue weighted by atomic mass is 32.1. The molecular formula is C19H14F2N4OS. The Morgan fingerprint density at radius 1 is 1.04 bits per heavy atom. The van der Waals surface area contributed by atoms with Crippen molar-refractivity contribution in [1.82, 2.24) is 19.6 Å². The van der Waals surface area contributed by atoms with Crippen molar-refractivity contribution >= 4 is 18.4 Å². The zero-order valence-corrected chi connectivity index (χ0v) is 14.8. The zero-order valence-electron chi connectivity index (χ0n) is 13.9. The van der Waals surface area contributed by atoms with Gasteiger partial charge in [0.15, 0.2) is 17.5 Å². The zero-order chi connectivity index (χ0) is 19.0. The number of hydrogen-bond acceptors (Lipinski definition) is 5. The molecule has 1 N–H and O–H groups in total. The van der Waals surface area contributed by atoms with Gasteiger partial charge in [-0.15, -0.1) is 5.10 Å². The molecule has 0 radical (unpaired) electrons. The molecular weight excluding hydrogens is 370 g/mol. The van der Waals surface area contributed by atoms with Crippen molar-refractivity contribution in [2.75, 3.05) is 0 Å². The highest BCUT2D eigenvalue weighted by molar-refractivity contribution is 7.80. The number of aromatic nitrogens is 4. The predicted molar refractivity (Wildman–Crippen MR) is 98.9 cm³/mol. The van der Waals surface area contributed by atoms with Gasteiger partial charge in [-0.05, 0) is 11.6 Å². The lowest BCUT2D eigenvalue weighted by molar-refractivity contribution is 0.433. The third-order valence-electron chi connectivity index (χ3n) is 4.12. The van der Waals surface area contributed by atoms with Gasteiger partial charge in [0.25, 0.3) is 5.78 Å². The Morgan fingerprint density at radius 3 is 2.59 bits per heavy atom. The van der Waals surface area contributed by atoms with Gasteiger partial charge >= 0.3 is 0 Å². The second-order valence-electron chi connectivity index (χ2n) is 5.99. The molecule has 2 aromatic heterocycles. The van der Waals surface area contributed by atoms with E-state index in [1.165, 1.54) is 22.7 Å². The van der Waals surface area contributed by atoms with Crippen molar-refractivity contribution in [3.63, 3.8) is 0 Å².